The van der Waals surface area contributed by atoms with E-state index in [9.17, 15) is 26.7 Å². The highest BCUT2D eigenvalue weighted by Gasteiger charge is 2.48. The topological polar surface area (TPSA) is 20.3 Å². The summed E-state index contributed by atoms with van der Waals surface area (Å²) in [6.07, 6.45) is -8.16. The average molecular weight is 293 g/mol. The summed E-state index contributed by atoms with van der Waals surface area (Å²) in [5, 5.41) is 0. The molecule has 2 nitrogen and oxygen atoms in total. The second-order valence-electron chi connectivity index (χ2n) is 5.02. The first-order valence-corrected chi connectivity index (χ1v) is 5.85. The zero-order chi connectivity index (χ0) is 15.3. The lowest BCUT2D eigenvalue weighted by Gasteiger charge is -2.23. The lowest BCUT2D eigenvalue weighted by atomic mass is 9.80. The van der Waals surface area contributed by atoms with Crippen LogP contribution < -0.4 is 4.90 Å². The van der Waals surface area contributed by atoms with Crippen molar-refractivity contribution in [1.82, 2.24) is 0 Å². The molecule has 1 unspecified atom stereocenters. The number of benzene rings is 1. The number of amides is 1. The van der Waals surface area contributed by atoms with E-state index < -0.39 is 35.9 Å². The average Bonchev–Trinajstić information content (AvgIpc) is 2.50. The van der Waals surface area contributed by atoms with Gasteiger partial charge in [-0.3, -0.25) is 4.79 Å². The van der Waals surface area contributed by atoms with Crippen LogP contribution in [0.2, 0.25) is 0 Å². The van der Waals surface area contributed by atoms with Crippen LogP contribution in [0.1, 0.15) is 24.5 Å². The number of hydrogen-bond acceptors (Lipinski definition) is 1. The third-order valence-corrected chi connectivity index (χ3v) is 3.62. The van der Waals surface area contributed by atoms with Crippen LogP contribution in [0.3, 0.4) is 0 Å². The van der Waals surface area contributed by atoms with E-state index in [1.54, 1.807) is 0 Å². The highest BCUT2D eigenvalue weighted by Crippen LogP contribution is 2.46. The number of fused-ring (bicyclic) bond motifs is 1. The second kappa shape index (κ2) is 4.43. The predicted octanol–water partition coefficient (Wildman–Crippen LogP) is 3.59. The molecule has 1 aromatic rings. The Labute approximate surface area is 112 Å². The fourth-order valence-electron chi connectivity index (χ4n) is 2.55. The van der Waals surface area contributed by atoms with Gasteiger partial charge in [0.25, 0.3) is 0 Å². The Bertz CT molecular complexity index is 554. The number of anilines is 1. The van der Waals surface area contributed by atoms with E-state index in [2.05, 4.69) is 0 Å². The molecule has 20 heavy (non-hydrogen) atoms. The van der Waals surface area contributed by atoms with Crippen molar-refractivity contribution in [2.75, 3.05) is 11.9 Å². The van der Waals surface area contributed by atoms with Crippen molar-refractivity contribution in [3.05, 3.63) is 29.3 Å². The highest BCUT2D eigenvalue weighted by atomic mass is 19.4. The SMILES string of the molecule is CN1C(=O)C(C)(CC(F)F)c2cc(C(F)(F)F)ccc21. The number of hydrogen-bond donors (Lipinski definition) is 0. The minimum absolute atomic E-state index is 0.000116. The van der Waals surface area contributed by atoms with E-state index in [1.807, 2.05) is 0 Å². The molecule has 1 aliphatic rings. The molecule has 1 aliphatic heterocycles. The Morgan fingerprint density at radius 2 is 1.90 bits per heavy atom. The van der Waals surface area contributed by atoms with Gasteiger partial charge < -0.3 is 4.90 Å². The number of rotatable bonds is 2. The molecule has 0 N–H and O–H groups in total. The number of nitrogens with zero attached hydrogens (tertiary/aromatic N) is 1. The van der Waals surface area contributed by atoms with Crippen molar-refractivity contribution in [2.45, 2.75) is 31.4 Å². The molecule has 2 rings (SSSR count). The number of carbonyl (C=O) groups is 1. The molecule has 1 atom stereocenters. The van der Waals surface area contributed by atoms with Crippen LogP contribution in [-0.2, 0) is 16.4 Å². The zero-order valence-electron chi connectivity index (χ0n) is 10.8. The summed E-state index contributed by atoms with van der Waals surface area (Å²) in [4.78, 5) is 13.2. The maximum Gasteiger partial charge on any atom is 0.416 e. The van der Waals surface area contributed by atoms with E-state index in [1.165, 1.54) is 14.0 Å². The maximum atomic E-state index is 12.7. The van der Waals surface area contributed by atoms with E-state index in [0.717, 1.165) is 23.1 Å². The van der Waals surface area contributed by atoms with Gasteiger partial charge in [0, 0.05) is 19.2 Å². The Kier molecular flexibility index (Phi) is 3.26. The summed E-state index contributed by atoms with van der Waals surface area (Å²) >= 11 is 0. The van der Waals surface area contributed by atoms with Crippen LogP contribution >= 0.6 is 0 Å². The summed E-state index contributed by atoms with van der Waals surface area (Å²) in [6.45, 7) is 1.25. The highest BCUT2D eigenvalue weighted by molar-refractivity contribution is 6.07. The fraction of sp³-hybridized carbons (Fsp3) is 0.462. The number of halogens is 5. The third-order valence-electron chi connectivity index (χ3n) is 3.62. The van der Waals surface area contributed by atoms with Gasteiger partial charge in [-0.15, -0.1) is 0 Å². The largest absolute Gasteiger partial charge is 0.416 e. The molecule has 1 aromatic carbocycles. The van der Waals surface area contributed by atoms with Gasteiger partial charge in [0.1, 0.15) is 0 Å². The summed E-state index contributed by atoms with van der Waals surface area (Å²) in [5.74, 6) is -0.618. The fourth-order valence-corrected chi connectivity index (χ4v) is 2.55. The molecule has 110 valence electrons. The van der Waals surface area contributed by atoms with E-state index in [0.29, 0.717) is 0 Å². The van der Waals surface area contributed by atoms with Crippen molar-refractivity contribution >= 4 is 11.6 Å². The minimum Gasteiger partial charge on any atom is -0.314 e. The molecule has 1 amide bonds. The van der Waals surface area contributed by atoms with Crippen molar-refractivity contribution in [3.63, 3.8) is 0 Å². The minimum atomic E-state index is -4.58. The van der Waals surface area contributed by atoms with Crippen LogP contribution in [0.25, 0.3) is 0 Å². The number of likely N-dealkylation sites (N-methyl/N-ethyl adjacent to an activating group) is 1. The van der Waals surface area contributed by atoms with Crippen molar-refractivity contribution in [2.24, 2.45) is 0 Å². The summed E-state index contributed by atoms with van der Waals surface area (Å²) in [5.41, 5.74) is -2.33. The van der Waals surface area contributed by atoms with Gasteiger partial charge in [0.05, 0.1) is 11.0 Å². The Morgan fingerprint density at radius 3 is 2.40 bits per heavy atom. The number of alkyl halides is 5. The van der Waals surface area contributed by atoms with Crippen LogP contribution in [0.5, 0.6) is 0 Å². The lowest BCUT2D eigenvalue weighted by Crippen LogP contribution is -2.37. The van der Waals surface area contributed by atoms with Crippen molar-refractivity contribution < 1.29 is 26.7 Å². The van der Waals surface area contributed by atoms with Gasteiger partial charge in [-0.05, 0) is 30.7 Å². The molecule has 0 saturated carbocycles. The van der Waals surface area contributed by atoms with Gasteiger partial charge in [0.15, 0.2) is 0 Å². The van der Waals surface area contributed by atoms with Crippen LogP contribution in [0.4, 0.5) is 27.6 Å². The zero-order valence-corrected chi connectivity index (χ0v) is 10.8. The van der Waals surface area contributed by atoms with Crippen molar-refractivity contribution in [1.29, 1.82) is 0 Å². The van der Waals surface area contributed by atoms with Gasteiger partial charge in [-0.2, -0.15) is 13.2 Å². The molecular weight excluding hydrogens is 281 g/mol. The van der Waals surface area contributed by atoms with Gasteiger partial charge >= 0.3 is 6.18 Å². The first kappa shape index (κ1) is 14.7. The quantitative estimate of drug-likeness (QED) is 0.763. The Balaban J connectivity index is 2.59. The predicted molar refractivity (Wildman–Crippen MR) is 62.8 cm³/mol. The van der Waals surface area contributed by atoms with E-state index in [-0.39, 0.29) is 11.3 Å². The summed E-state index contributed by atoms with van der Waals surface area (Å²) in [7, 11) is 1.37. The molecule has 0 bridgehead atoms. The normalized spacial score (nSPS) is 22.6. The van der Waals surface area contributed by atoms with Crippen LogP contribution in [-0.4, -0.2) is 19.4 Å². The van der Waals surface area contributed by atoms with Gasteiger partial charge in [0.2, 0.25) is 12.3 Å². The standard InChI is InChI=1S/C13H12F5NO/c1-12(6-10(14)15)8-5-7(13(16,17)18)3-4-9(8)19(2)11(12)20/h3-5,10H,6H2,1-2H3. The van der Waals surface area contributed by atoms with Gasteiger partial charge in [-0.1, -0.05) is 0 Å². The van der Waals surface area contributed by atoms with E-state index in [4.69, 9.17) is 0 Å². The van der Waals surface area contributed by atoms with E-state index >= 15 is 0 Å². The number of carbonyl (C=O) groups excluding carboxylic acids is 1. The molecule has 0 aliphatic carbocycles. The Morgan fingerprint density at radius 1 is 1.30 bits per heavy atom. The molecule has 0 aromatic heterocycles. The third kappa shape index (κ3) is 2.14. The second-order valence-corrected chi connectivity index (χ2v) is 5.02. The van der Waals surface area contributed by atoms with Crippen LogP contribution in [0.15, 0.2) is 18.2 Å². The molecule has 0 radical (unpaired) electrons. The molecule has 7 heteroatoms. The maximum absolute atomic E-state index is 12.7. The summed E-state index contributed by atoms with van der Waals surface area (Å²) in [6, 6.07) is 2.78. The molecule has 0 spiro atoms. The molecule has 0 fully saturated rings. The van der Waals surface area contributed by atoms with Crippen LogP contribution in [0, 0.1) is 0 Å². The molecule has 1 heterocycles. The van der Waals surface area contributed by atoms with Gasteiger partial charge in [-0.25, -0.2) is 8.78 Å². The Hall–Kier alpha value is -1.66. The molecular formula is C13H12F5NO. The smallest absolute Gasteiger partial charge is 0.314 e. The lowest BCUT2D eigenvalue weighted by molar-refractivity contribution is -0.137. The monoisotopic (exact) mass is 293 g/mol. The molecule has 0 saturated heterocycles. The van der Waals surface area contributed by atoms with Crippen molar-refractivity contribution in [3.8, 4) is 0 Å². The summed E-state index contributed by atoms with van der Waals surface area (Å²) < 4.78 is 63.5. The first-order valence-electron chi connectivity index (χ1n) is 5.85. The first-order chi connectivity index (χ1) is 9.07.